The van der Waals surface area contributed by atoms with Gasteiger partial charge in [0, 0.05) is 30.8 Å². The Hall–Kier alpha value is -2.67. The van der Waals surface area contributed by atoms with E-state index in [0.29, 0.717) is 6.54 Å². The first-order chi connectivity index (χ1) is 13.6. The summed E-state index contributed by atoms with van der Waals surface area (Å²) >= 11 is 0. The molecule has 2 aromatic rings. The highest BCUT2D eigenvalue weighted by molar-refractivity contribution is 5.92. The van der Waals surface area contributed by atoms with Crippen molar-refractivity contribution in [2.75, 3.05) is 28.7 Å². The van der Waals surface area contributed by atoms with E-state index in [4.69, 9.17) is 0 Å². The smallest absolute Gasteiger partial charge is 0.227 e. The summed E-state index contributed by atoms with van der Waals surface area (Å²) in [6, 6.07) is 9.87. The van der Waals surface area contributed by atoms with E-state index in [9.17, 15) is 9.90 Å². The van der Waals surface area contributed by atoms with Crippen molar-refractivity contribution < 1.29 is 9.90 Å². The van der Waals surface area contributed by atoms with Crippen LogP contribution in [0.2, 0.25) is 0 Å². The molecule has 2 atom stereocenters. The number of nitrogens with zero attached hydrogens (tertiary/aromatic N) is 3. The molecule has 1 amide bonds. The summed E-state index contributed by atoms with van der Waals surface area (Å²) in [6.07, 6.45) is 4.41. The fourth-order valence-corrected chi connectivity index (χ4v) is 3.33. The summed E-state index contributed by atoms with van der Waals surface area (Å²) in [7, 11) is 0. The average molecular weight is 383 g/mol. The van der Waals surface area contributed by atoms with Gasteiger partial charge in [-0.15, -0.1) is 0 Å². The predicted molar refractivity (Wildman–Crippen MR) is 111 cm³/mol. The first-order valence-electron chi connectivity index (χ1n) is 9.94. The highest BCUT2D eigenvalue weighted by Gasteiger charge is 2.25. The molecule has 28 heavy (non-hydrogen) atoms. The molecule has 0 spiro atoms. The number of aromatic nitrogens is 2. The summed E-state index contributed by atoms with van der Waals surface area (Å²) in [5.74, 6) is 1.61. The van der Waals surface area contributed by atoms with Gasteiger partial charge in [-0.25, -0.2) is 9.97 Å². The van der Waals surface area contributed by atoms with Gasteiger partial charge in [-0.3, -0.25) is 4.79 Å². The molecule has 1 saturated heterocycles. The monoisotopic (exact) mass is 383 g/mol. The van der Waals surface area contributed by atoms with Gasteiger partial charge in [0.25, 0.3) is 0 Å². The largest absolute Gasteiger partial charge is 0.394 e. The van der Waals surface area contributed by atoms with Crippen LogP contribution in [0.5, 0.6) is 0 Å². The molecule has 1 aliphatic rings. The number of anilines is 3. The summed E-state index contributed by atoms with van der Waals surface area (Å²) < 4.78 is 0. The fraction of sp³-hybridized carbons (Fsp3) is 0.476. The van der Waals surface area contributed by atoms with E-state index in [1.165, 1.54) is 0 Å². The van der Waals surface area contributed by atoms with E-state index in [0.717, 1.165) is 48.7 Å². The zero-order valence-electron chi connectivity index (χ0n) is 16.6. The molecule has 150 valence electrons. The molecule has 1 fully saturated rings. The van der Waals surface area contributed by atoms with Crippen LogP contribution in [0, 0.1) is 5.92 Å². The van der Waals surface area contributed by atoms with Crippen molar-refractivity contribution in [3.8, 4) is 0 Å². The Kier molecular flexibility index (Phi) is 6.81. The Labute approximate surface area is 166 Å². The standard InChI is InChI=1S/C21H29N5O2/c1-3-15(2)21(28)25-17-7-4-6-16(10-17)12-22-19-11-20(24-14-23-19)26-9-5-8-18(26)13-27/h4,6-7,10-11,14-15,18,27H,3,5,8-9,12-13H2,1-2H3,(H,25,28)(H,22,23,24). The number of aliphatic hydroxyl groups is 1. The molecule has 0 bridgehead atoms. The average Bonchev–Trinajstić information content (AvgIpc) is 3.21. The highest BCUT2D eigenvalue weighted by Crippen LogP contribution is 2.24. The van der Waals surface area contributed by atoms with Crippen LogP contribution < -0.4 is 15.5 Å². The Bertz CT molecular complexity index is 798. The van der Waals surface area contributed by atoms with E-state index in [2.05, 4.69) is 25.5 Å². The van der Waals surface area contributed by atoms with Gasteiger partial charge in [-0.2, -0.15) is 0 Å². The Morgan fingerprint density at radius 3 is 3.00 bits per heavy atom. The number of carbonyl (C=O) groups excluding carboxylic acids is 1. The van der Waals surface area contributed by atoms with Crippen molar-refractivity contribution in [1.82, 2.24) is 9.97 Å². The predicted octanol–water partition coefficient (Wildman–Crippen LogP) is 3.03. The van der Waals surface area contributed by atoms with Crippen LogP contribution in [0.25, 0.3) is 0 Å². The second kappa shape index (κ2) is 9.50. The minimum atomic E-state index is -0.00504. The molecule has 0 radical (unpaired) electrons. The van der Waals surface area contributed by atoms with Gasteiger partial charge in [0.15, 0.2) is 0 Å². The number of rotatable bonds is 8. The minimum absolute atomic E-state index is 0.00504. The van der Waals surface area contributed by atoms with Gasteiger partial charge in [-0.1, -0.05) is 26.0 Å². The Morgan fingerprint density at radius 2 is 2.21 bits per heavy atom. The summed E-state index contributed by atoms with van der Waals surface area (Å²) in [5, 5.41) is 15.8. The molecule has 2 unspecified atom stereocenters. The molecule has 3 N–H and O–H groups in total. The van der Waals surface area contributed by atoms with E-state index >= 15 is 0 Å². The second-order valence-corrected chi connectivity index (χ2v) is 7.29. The number of benzene rings is 1. The van der Waals surface area contributed by atoms with Crippen LogP contribution in [-0.2, 0) is 11.3 Å². The number of hydrogen-bond acceptors (Lipinski definition) is 6. The molecular formula is C21H29N5O2. The lowest BCUT2D eigenvalue weighted by atomic mass is 10.1. The lowest BCUT2D eigenvalue weighted by Gasteiger charge is -2.24. The zero-order valence-corrected chi connectivity index (χ0v) is 16.6. The van der Waals surface area contributed by atoms with Crippen LogP contribution >= 0.6 is 0 Å². The first-order valence-corrected chi connectivity index (χ1v) is 9.94. The van der Waals surface area contributed by atoms with Crippen molar-refractivity contribution in [1.29, 1.82) is 0 Å². The SMILES string of the molecule is CCC(C)C(=O)Nc1cccc(CNc2cc(N3CCCC3CO)ncn2)c1. The molecule has 0 aliphatic carbocycles. The molecule has 1 aliphatic heterocycles. The molecular weight excluding hydrogens is 354 g/mol. The van der Waals surface area contributed by atoms with Gasteiger partial charge in [-0.05, 0) is 37.0 Å². The Balaban J connectivity index is 1.62. The molecule has 1 aromatic heterocycles. The number of aliphatic hydroxyl groups excluding tert-OH is 1. The van der Waals surface area contributed by atoms with Crippen molar-refractivity contribution in [3.63, 3.8) is 0 Å². The van der Waals surface area contributed by atoms with Gasteiger partial charge < -0.3 is 20.6 Å². The maximum Gasteiger partial charge on any atom is 0.227 e. The van der Waals surface area contributed by atoms with Crippen molar-refractivity contribution in [3.05, 3.63) is 42.2 Å². The summed E-state index contributed by atoms with van der Waals surface area (Å²) in [6.45, 7) is 5.56. The molecule has 2 heterocycles. The number of carbonyl (C=O) groups is 1. The Morgan fingerprint density at radius 1 is 1.36 bits per heavy atom. The van der Waals surface area contributed by atoms with Crippen LogP contribution in [0.3, 0.4) is 0 Å². The number of hydrogen-bond donors (Lipinski definition) is 3. The quantitative estimate of drug-likeness (QED) is 0.649. The molecule has 7 nitrogen and oxygen atoms in total. The third kappa shape index (κ3) is 4.98. The van der Waals surface area contributed by atoms with Crippen molar-refractivity contribution in [2.24, 2.45) is 5.92 Å². The van der Waals surface area contributed by atoms with E-state index < -0.39 is 0 Å². The van der Waals surface area contributed by atoms with Crippen molar-refractivity contribution >= 4 is 23.2 Å². The van der Waals surface area contributed by atoms with Gasteiger partial charge in [0.2, 0.25) is 5.91 Å². The molecule has 0 saturated carbocycles. The summed E-state index contributed by atoms with van der Waals surface area (Å²) in [5.41, 5.74) is 1.85. The minimum Gasteiger partial charge on any atom is -0.394 e. The number of amides is 1. The zero-order chi connectivity index (χ0) is 19.9. The van der Waals surface area contributed by atoms with Crippen LogP contribution in [0.15, 0.2) is 36.7 Å². The van der Waals surface area contributed by atoms with Gasteiger partial charge >= 0.3 is 0 Å². The van der Waals surface area contributed by atoms with E-state index in [1.807, 2.05) is 44.2 Å². The normalized spacial score (nSPS) is 17.4. The topological polar surface area (TPSA) is 90.4 Å². The third-order valence-electron chi connectivity index (χ3n) is 5.26. The third-order valence-corrected chi connectivity index (χ3v) is 5.26. The maximum absolute atomic E-state index is 12.1. The lowest BCUT2D eigenvalue weighted by Crippen LogP contribution is -2.32. The van der Waals surface area contributed by atoms with E-state index in [1.54, 1.807) is 6.33 Å². The molecule has 1 aromatic carbocycles. The maximum atomic E-state index is 12.1. The second-order valence-electron chi connectivity index (χ2n) is 7.29. The van der Waals surface area contributed by atoms with Crippen molar-refractivity contribution in [2.45, 2.75) is 45.7 Å². The van der Waals surface area contributed by atoms with Gasteiger partial charge in [0.05, 0.1) is 12.6 Å². The number of nitrogens with one attached hydrogen (secondary N) is 2. The van der Waals surface area contributed by atoms with Crippen LogP contribution in [0.1, 0.15) is 38.7 Å². The van der Waals surface area contributed by atoms with E-state index in [-0.39, 0.29) is 24.5 Å². The first kappa shape index (κ1) is 20.1. The highest BCUT2D eigenvalue weighted by atomic mass is 16.3. The molecule has 3 rings (SSSR count). The van der Waals surface area contributed by atoms with Crippen LogP contribution in [-0.4, -0.2) is 40.2 Å². The molecule has 7 heteroatoms. The van der Waals surface area contributed by atoms with Gasteiger partial charge in [0.1, 0.15) is 18.0 Å². The summed E-state index contributed by atoms with van der Waals surface area (Å²) in [4.78, 5) is 22.9. The van der Waals surface area contributed by atoms with Crippen LogP contribution in [0.4, 0.5) is 17.3 Å². The lowest BCUT2D eigenvalue weighted by molar-refractivity contribution is -0.119. The fourth-order valence-electron chi connectivity index (χ4n) is 3.33.